The zero-order valence-corrected chi connectivity index (χ0v) is 8.32. The average molecular weight is 224 g/mol. The Morgan fingerprint density at radius 3 is 2.92 bits per heavy atom. The minimum Gasteiger partial charge on any atom is -0.260 e. The highest BCUT2D eigenvalue weighted by Gasteiger charge is 1.96. The molecule has 0 spiro atoms. The average Bonchev–Trinajstić information content (AvgIpc) is 2.28. The van der Waals surface area contributed by atoms with E-state index < -0.39 is 0 Å². The van der Waals surface area contributed by atoms with Gasteiger partial charge in [-0.1, -0.05) is 30.4 Å². The fourth-order valence-electron chi connectivity index (χ4n) is 1.15. The fraction of sp³-hybridized carbons (Fsp3) is 0.100. The van der Waals surface area contributed by atoms with Crippen molar-refractivity contribution in [2.45, 2.75) is 6.42 Å². The van der Waals surface area contributed by atoms with Crippen molar-refractivity contribution in [2.24, 2.45) is 4.99 Å². The number of aliphatic imine (C=N–C) groups is 1. The van der Waals surface area contributed by atoms with Gasteiger partial charge in [-0.2, -0.15) is 0 Å². The summed E-state index contributed by atoms with van der Waals surface area (Å²) in [4.78, 5) is 4.30. The standard InChI is InChI=1S/C10H9N.BrH/c1-2-7-10-9(5-1)6-3-4-8-11-10;/h1-3,5-8H,4H2;1H. The van der Waals surface area contributed by atoms with E-state index in [9.17, 15) is 0 Å². The van der Waals surface area contributed by atoms with Crippen LogP contribution < -0.4 is 0 Å². The van der Waals surface area contributed by atoms with Gasteiger partial charge in [-0.05, 0) is 11.6 Å². The van der Waals surface area contributed by atoms with Crippen LogP contribution in [-0.4, -0.2) is 6.21 Å². The molecule has 0 saturated carbocycles. The molecular weight excluding hydrogens is 214 g/mol. The maximum Gasteiger partial charge on any atom is 0.0698 e. The van der Waals surface area contributed by atoms with Crippen LogP contribution in [0, 0.1) is 0 Å². The molecule has 0 unspecified atom stereocenters. The topological polar surface area (TPSA) is 12.4 Å². The number of halogens is 1. The van der Waals surface area contributed by atoms with Crippen molar-refractivity contribution >= 4 is 35.0 Å². The van der Waals surface area contributed by atoms with Crippen LogP contribution in [0.3, 0.4) is 0 Å². The lowest BCUT2D eigenvalue weighted by Crippen LogP contribution is -1.70. The molecule has 0 radical (unpaired) electrons. The number of hydrogen-bond donors (Lipinski definition) is 0. The minimum atomic E-state index is 0. The maximum atomic E-state index is 4.30. The quantitative estimate of drug-likeness (QED) is 0.640. The molecule has 1 aromatic rings. The summed E-state index contributed by atoms with van der Waals surface area (Å²) >= 11 is 0. The van der Waals surface area contributed by atoms with Gasteiger partial charge in [0.05, 0.1) is 5.69 Å². The Hall–Kier alpha value is -0.890. The van der Waals surface area contributed by atoms with E-state index in [1.54, 1.807) is 0 Å². The summed E-state index contributed by atoms with van der Waals surface area (Å²) in [5.74, 6) is 0. The van der Waals surface area contributed by atoms with Crippen molar-refractivity contribution in [1.82, 2.24) is 0 Å². The van der Waals surface area contributed by atoms with Gasteiger partial charge in [0, 0.05) is 12.6 Å². The molecule has 1 aliphatic rings. The zero-order valence-electron chi connectivity index (χ0n) is 6.60. The summed E-state index contributed by atoms with van der Waals surface area (Å²) < 4.78 is 0. The van der Waals surface area contributed by atoms with Gasteiger partial charge in [-0.3, -0.25) is 4.99 Å². The van der Waals surface area contributed by atoms with Gasteiger partial charge < -0.3 is 0 Å². The number of benzene rings is 1. The first-order valence-corrected chi connectivity index (χ1v) is 3.75. The van der Waals surface area contributed by atoms with Crippen molar-refractivity contribution in [3.8, 4) is 0 Å². The third kappa shape index (κ3) is 1.83. The summed E-state index contributed by atoms with van der Waals surface area (Å²) in [6.45, 7) is 0. The second-order valence-electron chi connectivity index (χ2n) is 2.51. The smallest absolute Gasteiger partial charge is 0.0698 e. The molecule has 0 atom stereocenters. The molecule has 2 rings (SSSR count). The Bertz CT molecular complexity index is 284. The van der Waals surface area contributed by atoms with E-state index >= 15 is 0 Å². The first-order chi connectivity index (χ1) is 5.47. The van der Waals surface area contributed by atoms with Crippen molar-refractivity contribution < 1.29 is 0 Å². The van der Waals surface area contributed by atoms with Crippen LogP contribution in [0.2, 0.25) is 0 Å². The van der Waals surface area contributed by atoms with Gasteiger partial charge in [-0.15, -0.1) is 17.0 Å². The molecule has 0 bridgehead atoms. The van der Waals surface area contributed by atoms with E-state index in [0.29, 0.717) is 0 Å². The predicted octanol–water partition coefficient (Wildman–Crippen LogP) is 3.38. The molecule has 0 aliphatic carbocycles. The van der Waals surface area contributed by atoms with Crippen LogP contribution in [-0.2, 0) is 0 Å². The normalized spacial score (nSPS) is 13.0. The highest BCUT2D eigenvalue weighted by molar-refractivity contribution is 8.93. The van der Waals surface area contributed by atoms with Crippen molar-refractivity contribution in [2.75, 3.05) is 0 Å². The molecular formula is C10H10BrN. The van der Waals surface area contributed by atoms with Crippen molar-refractivity contribution in [3.63, 3.8) is 0 Å². The van der Waals surface area contributed by atoms with E-state index in [4.69, 9.17) is 0 Å². The van der Waals surface area contributed by atoms with E-state index in [1.165, 1.54) is 5.56 Å². The number of para-hydroxylation sites is 1. The van der Waals surface area contributed by atoms with Crippen LogP contribution in [0.1, 0.15) is 12.0 Å². The molecule has 0 N–H and O–H groups in total. The Morgan fingerprint density at radius 1 is 1.17 bits per heavy atom. The molecule has 1 heterocycles. The Balaban J connectivity index is 0.000000720. The van der Waals surface area contributed by atoms with E-state index in [0.717, 1.165) is 12.1 Å². The van der Waals surface area contributed by atoms with Gasteiger partial charge in [0.15, 0.2) is 0 Å². The number of fused-ring (bicyclic) bond motifs is 1. The molecule has 0 aromatic heterocycles. The first kappa shape index (κ1) is 9.20. The van der Waals surface area contributed by atoms with Crippen molar-refractivity contribution in [3.05, 3.63) is 35.9 Å². The third-order valence-electron chi connectivity index (χ3n) is 1.71. The summed E-state index contributed by atoms with van der Waals surface area (Å²) in [5, 5.41) is 0. The molecule has 2 heteroatoms. The number of nitrogens with zero attached hydrogens (tertiary/aromatic N) is 1. The zero-order chi connectivity index (χ0) is 7.52. The highest BCUT2D eigenvalue weighted by atomic mass is 79.9. The summed E-state index contributed by atoms with van der Waals surface area (Å²) in [6, 6.07) is 8.15. The summed E-state index contributed by atoms with van der Waals surface area (Å²) in [5.41, 5.74) is 2.28. The van der Waals surface area contributed by atoms with E-state index in [1.807, 2.05) is 24.4 Å². The van der Waals surface area contributed by atoms with Gasteiger partial charge in [0.1, 0.15) is 0 Å². The summed E-state index contributed by atoms with van der Waals surface area (Å²) in [6.07, 6.45) is 7.11. The molecule has 1 nitrogen and oxygen atoms in total. The van der Waals surface area contributed by atoms with E-state index in [-0.39, 0.29) is 17.0 Å². The van der Waals surface area contributed by atoms with Crippen LogP contribution in [0.5, 0.6) is 0 Å². The monoisotopic (exact) mass is 223 g/mol. The summed E-state index contributed by atoms with van der Waals surface area (Å²) in [7, 11) is 0. The number of hydrogen-bond acceptors (Lipinski definition) is 1. The number of allylic oxidation sites excluding steroid dienone is 1. The van der Waals surface area contributed by atoms with Gasteiger partial charge in [0.2, 0.25) is 0 Å². The van der Waals surface area contributed by atoms with Gasteiger partial charge >= 0.3 is 0 Å². The van der Waals surface area contributed by atoms with Crippen LogP contribution in [0.15, 0.2) is 35.3 Å². The lowest BCUT2D eigenvalue weighted by Gasteiger charge is -1.95. The van der Waals surface area contributed by atoms with Crippen LogP contribution in [0.25, 0.3) is 6.08 Å². The minimum absolute atomic E-state index is 0. The highest BCUT2D eigenvalue weighted by Crippen LogP contribution is 2.21. The molecule has 0 saturated heterocycles. The maximum absolute atomic E-state index is 4.30. The second-order valence-corrected chi connectivity index (χ2v) is 2.51. The SMILES string of the molecule is Br.C1=Cc2ccccc2N=CC1. The van der Waals surface area contributed by atoms with Crippen LogP contribution >= 0.6 is 17.0 Å². The van der Waals surface area contributed by atoms with Gasteiger partial charge in [-0.25, -0.2) is 0 Å². The molecule has 12 heavy (non-hydrogen) atoms. The lowest BCUT2D eigenvalue weighted by atomic mass is 10.2. The Labute approximate surface area is 82.6 Å². The molecule has 62 valence electrons. The molecule has 0 fully saturated rings. The molecule has 1 aliphatic heterocycles. The van der Waals surface area contributed by atoms with Crippen LogP contribution in [0.4, 0.5) is 5.69 Å². The largest absolute Gasteiger partial charge is 0.260 e. The number of rotatable bonds is 0. The third-order valence-corrected chi connectivity index (χ3v) is 1.71. The fourth-order valence-corrected chi connectivity index (χ4v) is 1.15. The Morgan fingerprint density at radius 2 is 2.00 bits per heavy atom. The van der Waals surface area contributed by atoms with E-state index in [2.05, 4.69) is 23.2 Å². The lowest BCUT2D eigenvalue weighted by molar-refractivity contribution is 1.49. The molecule has 1 aromatic carbocycles. The Kier molecular flexibility index (Phi) is 3.23. The van der Waals surface area contributed by atoms with Gasteiger partial charge in [0.25, 0.3) is 0 Å². The van der Waals surface area contributed by atoms with Crippen molar-refractivity contribution in [1.29, 1.82) is 0 Å². The molecule has 0 amide bonds. The predicted molar refractivity (Wildman–Crippen MR) is 58.6 cm³/mol. The first-order valence-electron chi connectivity index (χ1n) is 3.75. The second kappa shape index (κ2) is 4.21.